The standard InChI is InChI=1S/C22H24N4O3S2/c1-4-29-21(28)18-17(14-7-5-12(2)6-8-14)13(3)31-20(18)23-16(27)11-30-22-24-19(25-26-22)15-9-10-15/h5-8,15H,4,9-11H2,1-3H3,(H,23,27)(H,24,25,26). The first-order valence-electron chi connectivity index (χ1n) is 10.2. The van der Waals surface area contributed by atoms with E-state index in [-0.39, 0.29) is 18.3 Å². The molecule has 2 aromatic heterocycles. The number of thioether (sulfide) groups is 1. The number of amides is 1. The molecule has 2 N–H and O–H groups in total. The average molecular weight is 457 g/mol. The lowest BCUT2D eigenvalue weighted by atomic mass is 10.0. The number of hydrogen-bond acceptors (Lipinski definition) is 7. The predicted octanol–water partition coefficient (Wildman–Crippen LogP) is 4.93. The summed E-state index contributed by atoms with van der Waals surface area (Å²) in [7, 11) is 0. The molecule has 0 spiro atoms. The lowest BCUT2D eigenvalue weighted by Crippen LogP contribution is -2.16. The number of anilines is 1. The summed E-state index contributed by atoms with van der Waals surface area (Å²) in [5.74, 6) is 0.876. The van der Waals surface area contributed by atoms with Gasteiger partial charge in [-0.05, 0) is 39.2 Å². The Kier molecular flexibility index (Phi) is 6.43. The second-order valence-corrected chi connectivity index (χ2v) is 9.61. The number of rotatable bonds is 8. The van der Waals surface area contributed by atoms with E-state index in [9.17, 15) is 9.59 Å². The van der Waals surface area contributed by atoms with Crippen LogP contribution in [-0.2, 0) is 9.53 Å². The largest absolute Gasteiger partial charge is 0.462 e. The normalized spacial score (nSPS) is 13.3. The number of nitrogens with zero attached hydrogens (tertiary/aromatic N) is 2. The second kappa shape index (κ2) is 9.23. The summed E-state index contributed by atoms with van der Waals surface area (Å²) >= 11 is 2.65. The number of aromatic nitrogens is 3. The average Bonchev–Trinajstić information content (AvgIpc) is 3.39. The van der Waals surface area contributed by atoms with Crippen LogP contribution in [0.2, 0.25) is 0 Å². The van der Waals surface area contributed by atoms with E-state index in [0.29, 0.717) is 21.6 Å². The topological polar surface area (TPSA) is 97.0 Å². The van der Waals surface area contributed by atoms with Crippen LogP contribution < -0.4 is 5.32 Å². The molecule has 9 heteroatoms. The molecule has 1 aliphatic carbocycles. The van der Waals surface area contributed by atoms with Gasteiger partial charge in [0.1, 0.15) is 16.4 Å². The van der Waals surface area contributed by atoms with Gasteiger partial charge < -0.3 is 10.1 Å². The van der Waals surface area contributed by atoms with Gasteiger partial charge in [-0.25, -0.2) is 9.78 Å². The van der Waals surface area contributed by atoms with Gasteiger partial charge in [0.25, 0.3) is 0 Å². The van der Waals surface area contributed by atoms with E-state index in [4.69, 9.17) is 4.74 Å². The first kappa shape index (κ1) is 21.6. The number of carbonyl (C=O) groups excluding carboxylic acids is 2. The van der Waals surface area contributed by atoms with Crippen LogP contribution >= 0.6 is 23.1 Å². The van der Waals surface area contributed by atoms with Gasteiger partial charge in [-0.1, -0.05) is 41.6 Å². The van der Waals surface area contributed by atoms with Crippen molar-refractivity contribution in [1.29, 1.82) is 0 Å². The van der Waals surface area contributed by atoms with Crippen LogP contribution in [0.5, 0.6) is 0 Å². The molecule has 0 radical (unpaired) electrons. The van der Waals surface area contributed by atoms with Gasteiger partial charge in [0.05, 0.1) is 12.4 Å². The highest BCUT2D eigenvalue weighted by Crippen LogP contribution is 2.41. The van der Waals surface area contributed by atoms with Crippen molar-refractivity contribution in [2.75, 3.05) is 17.7 Å². The Hall–Kier alpha value is -2.65. The zero-order valence-corrected chi connectivity index (χ0v) is 19.3. The Balaban J connectivity index is 1.53. The summed E-state index contributed by atoms with van der Waals surface area (Å²) in [6.45, 7) is 5.99. The zero-order chi connectivity index (χ0) is 22.0. The molecule has 4 rings (SSSR count). The van der Waals surface area contributed by atoms with Gasteiger partial charge in [-0.2, -0.15) is 0 Å². The molecular formula is C22H24N4O3S2. The monoisotopic (exact) mass is 456 g/mol. The maximum atomic E-state index is 12.8. The SMILES string of the molecule is CCOC(=O)c1c(NC(=O)CSc2n[nH]c(C3CC3)n2)sc(C)c1-c1ccc(C)cc1. The molecule has 1 saturated carbocycles. The van der Waals surface area contributed by atoms with Crippen molar-refractivity contribution < 1.29 is 14.3 Å². The Morgan fingerprint density at radius 2 is 2.00 bits per heavy atom. The Labute approximate surface area is 189 Å². The summed E-state index contributed by atoms with van der Waals surface area (Å²) in [5, 5.41) is 11.1. The van der Waals surface area contributed by atoms with Crippen molar-refractivity contribution in [3.63, 3.8) is 0 Å². The fraction of sp³-hybridized carbons (Fsp3) is 0.364. The minimum Gasteiger partial charge on any atom is -0.462 e. The number of carbonyl (C=O) groups is 2. The zero-order valence-electron chi connectivity index (χ0n) is 17.7. The molecule has 0 atom stereocenters. The lowest BCUT2D eigenvalue weighted by Gasteiger charge is -2.09. The Bertz CT molecular complexity index is 1100. The van der Waals surface area contributed by atoms with Crippen LogP contribution in [0.3, 0.4) is 0 Å². The van der Waals surface area contributed by atoms with Gasteiger partial charge in [0.2, 0.25) is 11.1 Å². The number of aromatic amines is 1. The van der Waals surface area contributed by atoms with Gasteiger partial charge >= 0.3 is 5.97 Å². The molecule has 31 heavy (non-hydrogen) atoms. The second-order valence-electron chi connectivity index (χ2n) is 7.44. The van der Waals surface area contributed by atoms with Gasteiger partial charge in [-0.15, -0.1) is 16.4 Å². The maximum absolute atomic E-state index is 12.8. The molecule has 1 fully saturated rings. The minimum absolute atomic E-state index is 0.154. The first-order chi connectivity index (χ1) is 15.0. The van der Waals surface area contributed by atoms with Gasteiger partial charge in [0, 0.05) is 16.4 Å². The summed E-state index contributed by atoms with van der Waals surface area (Å²) < 4.78 is 5.30. The highest BCUT2D eigenvalue weighted by atomic mass is 32.2. The smallest absolute Gasteiger partial charge is 0.341 e. The number of aryl methyl sites for hydroxylation is 2. The van der Waals surface area contributed by atoms with Crippen molar-refractivity contribution >= 4 is 40.0 Å². The molecule has 2 heterocycles. The Morgan fingerprint density at radius 3 is 2.68 bits per heavy atom. The fourth-order valence-corrected chi connectivity index (χ4v) is 4.94. The Morgan fingerprint density at radius 1 is 1.26 bits per heavy atom. The molecule has 0 saturated heterocycles. The summed E-state index contributed by atoms with van der Waals surface area (Å²) in [6.07, 6.45) is 2.27. The van der Waals surface area contributed by atoms with Gasteiger partial charge in [-0.3, -0.25) is 9.89 Å². The van der Waals surface area contributed by atoms with Crippen molar-refractivity contribution in [2.45, 2.75) is 44.7 Å². The van der Waals surface area contributed by atoms with Crippen molar-refractivity contribution in [2.24, 2.45) is 0 Å². The number of esters is 1. The fourth-order valence-electron chi connectivity index (χ4n) is 3.25. The van der Waals surface area contributed by atoms with Crippen LogP contribution in [0.25, 0.3) is 11.1 Å². The van der Waals surface area contributed by atoms with Crippen LogP contribution in [-0.4, -0.2) is 39.4 Å². The van der Waals surface area contributed by atoms with E-state index < -0.39 is 5.97 Å². The molecule has 162 valence electrons. The van der Waals surface area contributed by atoms with E-state index in [1.54, 1.807) is 6.92 Å². The van der Waals surface area contributed by atoms with Crippen LogP contribution in [0.4, 0.5) is 5.00 Å². The molecule has 0 bridgehead atoms. The highest BCUT2D eigenvalue weighted by molar-refractivity contribution is 7.99. The third-order valence-electron chi connectivity index (χ3n) is 4.94. The van der Waals surface area contributed by atoms with E-state index in [1.807, 2.05) is 38.1 Å². The third-order valence-corrected chi connectivity index (χ3v) is 6.80. The first-order valence-corrected chi connectivity index (χ1v) is 12.0. The molecule has 7 nitrogen and oxygen atoms in total. The number of nitrogens with one attached hydrogen (secondary N) is 2. The molecule has 1 aliphatic rings. The highest BCUT2D eigenvalue weighted by Gasteiger charge is 2.28. The minimum atomic E-state index is -0.437. The molecule has 1 aromatic carbocycles. The number of benzene rings is 1. The number of ether oxygens (including phenoxy) is 1. The van der Waals surface area contributed by atoms with E-state index >= 15 is 0 Å². The van der Waals surface area contributed by atoms with Crippen LogP contribution in [0.15, 0.2) is 29.4 Å². The van der Waals surface area contributed by atoms with E-state index in [0.717, 1.165) is 40.2 Å². The third kappa shape index (κ3) is 4.99. The summed E-state index contributed by atoms with van der Waals surface area (Å²) in [4.78, 5) is 30.8. The van der Waals surface area contributed by atoms with Crippen LogP contribution in [0, 0.1) is 13.8 Å². The maximum Gasteiger partial charge on any atom is 0.341 e. The van der Waals surface area contributed by atoms with Crippen LogP contribution in [0.1, 0.15) is 52.3 Å². The van der Waals surface area contributed by atoms with Gasteiger partial charge in [0.15, 0.2) is 0 Å². The number of H-pyrrole nitrogens is 1. The molecular weight excluding hydrogens is 432 g/mol. The predicted molar refractivity (Wildman–Crippen MR) is 123 cm³/mol. The molecule has 0 unspecified atom stereocenters. The lowest BCUT2D eigenvalue weighted by molar-refractivity contribution is -0.113. The number of thiophene rings is 1. The van der Waals surface area contributed by atoms with Crippen molar-refractivity contribution in [3.8, 4) is 11.1 Å². The molecule has 0 aliphatic heterocycles. The summed E-state index contributed by atoms with van der Waals surface area (Å²) in [6, 6.07) is 7.97. The molecule has 1 amide bonds. The summed E-state index contributed by atoms with van der Waals surface area (Å²) in [5.41, 5.74) is 3.26. The molecule has 3 aromatic rings. The number of hydrogen-bond donors (Lipinski definition) is 2. The van der Waals surface area contributed by atoms with Crippen molar-refractivity contribution in [3.05, 3.63) is 46.1 Å². The van der Waals surface area contributed by atoms with Crippen molar-refractivity contribution in [1.82, 2.24) is 15.2 Å². The van der Waals surface area contributed by atoms with E-state index in [2.05, 4.69) is 20.5 Å². The quantitative estimate of drug-likeness (QED) is 0.368. The van der Waals surface area contributed by atoms with E-state index in [1.165, 1.54) is 23.1 Å².